The van der Waals surface area contributed by atoms with Crippen LogP contribution in [0.15, 0.2) is 33.9 Å². The van der Waals surface area contributed by atoms with E-state index in [1.807, 2.05) is 47.1 Å². The number of para-hydroxylation sites is 2. The molecule has 4 heterocycles. The number of hydrogen-bond acceptors (Lipinski definition) is 5. The van der Waals surface area contributed by atoms with Gasteiger partial charge in [-0.05, 0) is 51.9 Å². The van der Waals surface area contributed by atoms with Crippen molar-refractivity contribution in [3.05, 3.63) is 56.5 Å². The molecule has 9 nitrogen and oxygen atoms in total. The van der Waals surface area contributed by atoms with Gasteiger partial charge in [0.2, 0.25) is 5.78 Å². The van der Waals surface area contributed by atoms with Crippen molar-refractivity contribution in [2.24, 2.45) is 7.05 Å². The molecule has 9 heteroatoms. The average molecular weight is 451 g/mol. The minimum absolute atomic E-state index is 0.294. The van der Waals surface area contributed by atoms with E-state index in [1.54, 1.807) is 14.2 Å². The molecule has 174 valence electrons. The Morgan fingerprint density at radius 2 is 1.73 bits per heavy atom. The quantitative estimate of drug-likeness (QED) is 0.466. The van der Waals surface area contributed by atoms with Crippen molar-refractivity contribution in [2.45, 2.75) is 39.7 Å². The lowest BCUT2D eigenvalue weighted by atomic mass is 10.1. The molecule has 0 amide bonds. The predicted octanol–water partition coefficient (Wildman–Crippen LogP) is 2.25. The number of rotatable bonds is 5. The topological polar surface area (TPSA) is 78.7 Å². The number of hydrogen-bond donors (Lipinski definition) is 0. The number of imidazole rings is 2. The van der Waals surface area contributed by atoms with Crippen molar-refractivity contribution in [2.75, 3.05) is 26.7 Å². The molecule has 0 spiro atoms. The number of methoxy groups -OCH3 is 1. The SMILES string of the molecule is COc1ccccc1-n1c(C)c(C)n2c3c(=O)n(CCN4CCCCC4)c(=O)n(C)c3nc12. The fraction of sp³-hybridized carbons (Fsp3) is 0.458. The zero-order chi connectivity index (χ0) is 23.3. The third kappa shape index (κ3) is 3.30. The highest BCUT2D eigenvalue weighted by Crippen LogP contribution is 2.29. The first-order valence-electron chi connectivity index (χ1n) is 11.5. The number of aromatic nitrogens is 5. The molecule has 5 rings (SSSR count). The van der Waals surface area contributed by atoms with Crippen molar-refractivity contribution in [1.29, 1.82) is 0 Å². The molecule has 1 aliphatic heterocycles. The summed E-state index contributed by atoms with van der Waals surface area (Å²) in [5, 5.41) is 0. The van der Waals surface area contributed by atoms with Crippen LogP contribution in [0.3, 0.4) is 0 Å². The molecule has 1 fully saturated rings. The van der Waals surface area contributed by atoms with Crippen LogP contribution in [0.2, 0.25) is 0 Å². The molecule has 4 aromatic rings. The summed E-state index contributed by atoms with van der Waals surface area (Å²) in [6.07, 6.45) is 3.59. The van der Waals surface area contributed by atoms with Gasteiger partial charge in [-0.3, -0.25) is 22.9 Å². The minimum Gasteiger partial charge on any atom is -0.495 e. The van der Waals surface area contributed by atoms with E-state index in [4.69, 9.17) is 9.72 Å². The lowest BCUT2D eigenvalue weighted by Gasteiger charge is -2.26. The summed E-state index contributed by atoms with van der Waals surface area (Å²) in [5.74, 6) is 1.29. The Labute approximate surface area is 191 Å². The summed E-state index contributed by atoms with van der Waals surface area (Å²) in [6, 6.07) is 7.71. The van der Waals surface area contributed by atoms with Gasteiger partial charge in [0.25, 0.3) is 5.56 Å². The van der Waals surface area contributed by atoms with Crippen LogP contribution in [0.25, 0.3) is 22.6 Å². The third-order valence-corrected chi connectivity index (χ3v) is 6.93. The lowest BCUT2D eigenvalue weighted by molar-refractivity contribution is 0.218. The van der Waals surface area contributed by atoms with Crippen LogP contribution in [-0.2, 0) is 13.6 Å². The van der Waals surface area contributed by atoms with Gasteiger partial charge < -0.3 is 9.64 Å². The minimum atomic E-state index is -0.330. The molecular formula is C24H30N6O3. The zero-order valence-electron chi connectivity index (χ0n) is 19.7. The summed E-state index contributed by atoms with van der Waals surface area (Å²) in [4.78, 5) is 33.8. The van der Waals surface area contributed by atoms with Gasteiger partial charge in [-0.25, -0.2) is 4.79 Å². The van der Waals surface area contributed by atoms with Gasteiger partial charge in [0, 0.05) is 31.5 Å². The van der Waals surface area contributed by atoms with Gasteiger partial charge >= 0.3 is 5.69 Å². The van der Waals surface area contributed by atoms with Crippen LogP contribution in [-0.4, -0.2) is 54.7 Å². The molecule has 0 radical (unpaired) electrons. The number of fused-ring (bicyclic) bond motifs is 3. The van der Waals surface area contributed by atoms with E-state index in [2.05, 4.69) is 4.90 Å². The number of likely N-dealkylation sites (tertiary alicyclic amines) is 1. The smallest absolute Gasteiger partial charge is 0.332 e. The normalized spacial score (nSPS) is 15.0. The largest absolute Gasteiger partial charge is 0.495 e. The number of ether oxygens (including phenoxy) is 1. The first kappa shape index (κ1) is 21.5. The molecule has 0 unspecified atom stereocenters. The van der Waals surface area contributed by atoms with E-state index in [0.717, 1.165) is 30.2 Å². The maximum absolute atomic E-state index is 13.6. The van der Waals surface area contributed by atoms with Crippen molar-refractivity contribution in [3.8, 4) is 11.4 Å². The monoisotopic (exact) mass is 450 g/mol. The number of piperidine rings is 1. The molecular weight excluding hydrogens is 420 g/mol. The number of nitrogens with zero attached hydrogens (tertiary/aromatic N) is 6. The highest BCUT2D eigenvalue weighted by atomic mass is 16.5. The summed E-state index contributed by atoms with van der Waals surface area (Å²) in [6.45, 7) is 7.09. The number of aryl methyl sites for hydroxylation is 2. The van der Waals surface area contributed by atoms with E-state index in [1.165, 1.54) is 28.4 Å². The zero-order valence-corrected chi connectivity index (χ0v) is 19.7. The van der Waals surface area contributed by atoms with Crippen LogP contribution >= 0.6 is 0 Å². The summed E-state index contributed by atoms with van der Waals surface area (Å²) >= 11 is 0. The van der Waals surface area contributed by atoms with E-state index >= 15 is 0 Å². The first-order valence-corrected chi connectivity index (χ1v) is 11.5. The first-order chi connectivity index (χ1) is 15.9. The Hall–Kier alpha value is -3.33. The van der Waals surface area contributed by atoms with Crippen LogP contribution in [0.1, 0.15) is 30.7 Å². The molecule has 0 aliphatic carbocycles. The lowest BCUT2D eigenvalue weighted by Crippen LogP contribution is -2.43. The van der Waals surface area contributed by atoms with E-state index in [9.17, 15) is 9.59 Å². The maximum Gasteiger partial charge on any atom is 0.332 e. The van der Waals surface area contributed by atoms with Crippen LogP contribution < -0.4 is 16.0 Å². The standard InChI is InChI=1S/C24H30N6O3/c1-16-17(2)30-20-21(25-23(30)29(16)18-10-6-7-11-19(18)33-4)26(3)24(32)28(22(20)31)15-14-27-12-8-5-9-13-27/h6-7,10-11H,5,8-9,12-15H2,1-4H3. The molecule has 1 aromatic carbocycles. The maximum atomic E-state index is 13.6. The van der Waals surface area contributed by atoms with Gasteiger partial charge in [0.05, 0.1) is 12.8 Å². The molecule has 0 bridgehead atoms. The average Bonchev–Trinajstić information content (AvgIpc) is 3.33. The highest BCUT2D eigenvalue weighted by Gasteiger charge is 2.24. The second-order valence-corrected chi connectivity index (χ2v) is 8.80. The molecule has 1 aliphatic rings. The van der Waals surface area contributed by atoms with Crippen LogP contribution in [0.4, 0.5) is 0 Å². The van der Waals surface area contributed by atoms with E-state index in [-0.39, 0.29) is 11.2 Å². The molecule has 0 atom stereocenters. The molecule has 0 saturated carbocycles. The van der Waals surface area contributed by atoms with Crippen molar-refractivity contribution < 1.29 is 4.74 Å². The fourth-order valence-electron chi connectivity index (χ4n) is 4.98. The Morgan fingerprint density at radius 1 is 1.00 bits per heavy atom. The van der Waals surface area contributed by atoms with Gasteiger partial charge in [-0.2, -0.15) is 4.98 Å². The Morgan fingerprint density at radius 3 is 2.45 bits per heavy atom. The van der Waals surface area contributed by atoms with Gasteiger partial charge in [-0.15, -0.1) is 0 Å². The molecule has 0 N–H and O–H groups in total. The van der Waals surface area contributed by atoms with Gasteiger partial charge in [0.1, 0.15) is 5.75 Å². The predicted molar refractivity (Wildman–Crippen MR) is 128 cm³/mol. The van der Waals surface area contributed by atoms with Crippen LogP contribution in [0.5, 0.6) is 5.75 Å². The summed E-state index contributed by atoms with van der Waals surface area (Å²) in [5.41, 5.74) is 2.89. The Bertz CT molecular complexity index is 1470. The second-order valence-electron chi connectivity index (χ2n) is 8.80. The van der Waals surface area contributed by atoms with E-state index in [0.29, 0.717) is 35.8 Å². The Balaban J connectivity index is 1.72. The Kier molecular flexibility index (Phi) is 5.36. The van der Waals surface area contributed by atoms with Crippen LogP contribution in [0, 0.1) is 13.8 Å². The van der Waals surface area contributed by atoms with Crippen molar-refractivity contribution in [3.63, 3.8) is 0 Å². The third-order valence-electron chi connectivity index (χ3n) is 6.93. The molecule has 33 heavy (non-hydrogen) atoms. The second kappa shape index (κ2) is 8.22. The fourth-order valence-corrected chi connectivity index (χ4v) is 4.98. The number of benzene rings is 1. The van der Waals surface area contributed by atoms with Gasteiger partial charge in [-0.1, -0.05) is 18.6 Å². The van der Waals surface area contributed by atoms with Gasteiger partial charge in [0.15, 0.2) is 11.2 Å². The molecule has 3 aromatic heterocycles. The molecule has 1 saturated heterocycles. The van der Waals surface area contributed by atoms with Crippen molar-refractivity contribution in [1.82, 2.24) is 28.0 Å². The van der Waals surface area contributed by atoms with Crippen molar-refractivity contribution >= 4 is 16.9 Å². The highest BCUT2D eigenvalue weighted by molar-refractivity contribution is 5.77. The summed E-state index contributed by atoms with van der Waals surface area (Å²) in [7, 11) is 3.32. The summed E-state index contributed by atoms with van der Waals surface area (Å²) < 4.78 is 12.3. The van der Waals surface area contributed by atoms with E-state index < -0.39 is 0 Å².